The first-order valence-electron chi connectivity index (χ1n) is 6.53. The number of aromatic nitrogens is 1. The van der Waals surface area contributed by atoms with Crippen molar-refractivity contribution in [3.8, 4) is 5.75 Å². The molecular formula is C15H15BrN2O2. The number of nitrogens with zero attached hydrogens (tertiary/aromatic N) is 1. The molecule has 2 aromatic rings. The van der Waals surface area contributed by atoms with Gasteiger partial charge in [-0.3, -0.25) is 4.79 Å². The number of carbonyl (C=O) groups excluding carboxylic acids is 1. The van der Waals surface area contributed by atoms with Crippen LogP contribution in [0.5, 0.6) is 5.75 Å². The van der Waals surface area contributed by atoms with Gasteiger partial charge in [-0.25, -0.2) is 0 Å². The molecule has 0 aliphatic heterocycles. The molecular weight excluding hydrogens is 320 g/mol. The molecule has 2 N–H and O–H groups in total. The summed E-state index contributed by atoms with van der Waals surface area (Å²) in [6.07, 6.45) is 4.18. The van der Waals surface area contributed by atoms with E-state index < -0.39 is 0 Å². The normalized spacial score (nSPS) is 14.3. The molecule has 1 aromatic carbocycles. The van der Waals surface area contributed by atoms with Gasteiger partial charge in [0.25, 0.3) is 5.91 Å². The molecule has 1 amide bonds. The van der Waals surface area contributed by atoms with E-state index in [0.29, 0.717) is 17.4 Å². The van der Waals surface area contributed by atoms with E-state index in [1.807, 2.05) is 23.8 Å². The van der Waals surface area contributed by atoms with Crippen LogP contribution in [0, 0.1) is 6.92 Å². The molecule has 104 valence electrons. The lowest BCUT2D eigenvalue weighted by Gasteiger charge is -2.09. The molecule has 1 aliphatic carbocycles. The molecule has 0 bridgehead atoms. The number of halogens is 1. The summed E-state index contributed by atoms with van der Waals surface area (Å²) >= 11 is 3.41. The highest BCUT2D eigenvalue weighted by atomic mass is 79.9. The molecule has 1 aromatic heterocycles. The number of aromatic hydroxyl groups is 1. The maximum Gasteiger partial charge on any atom is 0.272 e. The second-order valence-electron chi connectivity index (χ2n) is 5.14. The van der Waals surface area contributed by atoms with E-state index in [0.717, 1.165) is 22.9 Å². The Bertz CT molecular complexity index is 675. The molecule has 4 nitrogen and oxygen atoms in total. The molecule has 0 unspecified atom stereocenters. The van der Waals surface area contributed by atoms with Crippen LogP contribution in [0.2, 0.25) is 0 Å². The number of rotatable bonds is 3. The maximum atomic E-state index is 12.3. The van der Waals surface area contributed by atoms with E-state index in [-0.39, 0.29) is 11.7 Å². The summed E-state index contributed by atoms with van der Waals surface area (Å²) in [6.45, 7) is 1.82. The number of amides is 1. The zero-order chi connectivity index (χ0) is 14.3. The molecule has 0 atom stereocenters. The van der Waals surface area contributed by atoms with Gasteiger partial charge in [0.05, 0.1) is 0 Å². The molecule has 0 saturated heterocycles. The van der Waals surface area contributed by atoms with Gasteiger partial charge >= 0.3 is 0 Å². The summed E-state index contributed by atoms with van der Waals surface area (Å²) < 4.78 is 2.91. The maximum absolute atomic E-state index is 12.3. The molecule has 1 saturated carbocycles. The molecule has 1 aliphatic rings. The van der Waals surface area contributed by atoms with Gasteiger partial charge in [0.15, 0.2) is 0 Å². The summed E-state index contributed by atoms with van der Waals surface area (Å²) in [6, 6.07) is 7.38. The van der Waals surface area contributed by atoms with Crippen molar-refractivity contribution in [3.05, 3.63) is 46.2 Å². The van der Waals surface area contributed by atoms with Crippen molar-refractivity contribution in [1.29, 1.82) is 0 Å². The van der Waals surface area contributed by atoms with Gasteiger partial charge in [-0.1, -0.05) is 6.07 Å². The number of benzene rings is 1. The minimum absolute atomic E-state index is 0.161. The van der Waals surface area contributed by atoms with Gasteiger partial charge in [0.1, 0.15) is 11.4 Å². The molecule has 3 rings (SSSR count). The zero-order valence-corrected chi connectivity index (χ0v) is 12.6. The van der Waals surface area contributed by atoms with Crippen LogP contribution in [-0.2, 0) is 0 Å². The first-order chi connectivity index (χ1) is 9.54. The van der Waals surface area contributed by atoms with Gasteiger partial charge < -0.3 is 15.0 Å². The Morgan fingerprint density at radius 3 is 2.80 bits per heavy atom. The minimum atomic E-state index is -0.161. The van der Waals surface area contributed by atoms with Crippen LogP contribution < -0.4 is 5.32 Å². The van der Waals surface area contributed by atoms with Gasteiger partial charge in [0.2, 0.25) is 0 Å². The van der Waals surface area contributed by atoms with E-state index in [4.69, 9.17) is 0 Å². The first kappa shape index (κ1) is 13.2. The highest BCUT2D eigenvalue weighted by Gasteiger charge is 2.27. The van der Waals surface area contributed by atoms with Crippen LogP contribution in [0.4, 0.5) is 5.69 Å². The topological polar surface area (TPSA) is 54.3 Å². The number of anilines is 1. The van der Waals surface area contributed by atoms with Crippen molar-refractivity contribution in [1.82, 2.24) is 4.57 Å². The van der Waals surface area contributed by atoms with Gasteiger partial charge in [-0.05, 0) is 53.4 Å². The summed E-state index contributed by atoms with van der Waals surface area (Å²) in [4.78, 5) is 12.3. The van der Waals surface area contributed by atoms with Crippen LogP contribution in [0.3, 0.4) is 0 Å². The van der Waals surface area contributed by atoms with Crippen molar-refractivity contribution in [2.24, 2.45) is 0 Å². The van der Waals surface area contributed by atoms with E-state index in [1.165, 1.54) is 0 Å². The predicted octanol–water partition coefficient (Wildman–Crippen LogP) is 3.85. The average Bonchev–Trinajstić information content (AvgIpc) is 3.17. The van der Waals surface area contributed by atoms with Crippen molar-refractivity contribution in [3.63, 3.8) is 0 Å². The van der Waals surface area contributed by atoms with Gasteiger partial charge in [0, 0.05) is 28.5 Å². The third-order valence-electron chi connectivity index (χ3n) is 3.46. The number of carbonyl (C=O) groups is 1. The van der Waals surface area contributed by atoms with Crippen molar-refractivity contribution >= 4 is 27.5 Å². The molecule has 0 radical (unpaired) electrons. The van der Waals surface area contributed by atoms with Crippen molar-refractivity contribution in [2.45, 2.75) is 25.8 Å². The Kier molecular flexibility index (Phi) is 3.30. The SMILES string of the molecule is Cc1ccc(NC(=O)c2cc(Br)cn2C2CC2)cc1O. The second-order valence-corrected chi connectivity index (χ2v) is 6.05. The lowest BCUT2D eigenvalue weighted by Crippen LogP contribution is -2.16. The molecule has 1 fully saturated rings. The Labute approximate surface area is 125 Å². The number of nitrogens with one attached hydrogen (secondary N) is 1. The summed E-state index contributed by atoms with van der Waals surface area (Å²) in [5, 5.41) is 12.5. The second kappa shape index (κ2) is 4.98. The van der Waals surface area contributed by atoms with Crippen LogP contribution >= 0.6 is 15.9 Å². The third kappa shape index (κ3) is 2.58. The predicted molar refractivity (Wildman–Crippen MR) is 81.2 cm³/mol. The van der Waals surface area contributed by atoms with Crippen LogP contribution in [0.1, 0.15) is 34.9 Å². The monoisotopic (exact) mass is 334 g/mol. The molecule has 20 heavy (non-hydrogen) atoms. The average molecular weight is 335 g/mol. The van der Waals surface area contributed by atoms with E-state index in [2.05, 4.69) is 21.2 Å². The van der Waals surface area contributed by atoms with E-state index in [9.17, 15) is 9.90 Å². The highest BCUT2D eigenvalue weighted by molar-refractivity contribution is 9.10. The number of hydrogen-bond donors (Lipinski definition) is 2. The van der Waals surface area contributed by atoms with Crippen LogP contribution in [0.25, 0.3) is 0 Å². The number of phenolic OH excluding ortho intramolecular Hbond substituents is 1. The molecule has 5 heteroatoms. The number of phenols is 1. The van der Waals surface area contributed by atoms with Gasteiger partial charge in [-0.15, -0.1) is 0 Å². The fourth-order valence-electron chi connectivity index (χ4n) is 2.16. The summed E-state index contributed by atoms with van der Waals surface area (Å²) in [5.74, 6) is 0.0207. The largest absolute Gasteiger partial charge is 0.508 e. The fraction of sp³-hybridized carbons (Fsp3) is 0.267. The number of aryl methyl sites for hydroxylation is 1. The third-order valence-corrected chi connectivity index (χ3v) is 3.89. The Balaban J connectivity index is 1.84. The Hall–Kier alpha value is -1.75. The first-order valence-corrected chi connectivity index (χ1v) is 7.32. The minimum Gasteiger partial charge on any atom is -0.508 e. The standard InChI is InChI=1S/C15H15BrN2O2/c1-9-2-3-11(7-14(9)19)17-15(20)13-6-10(16)8-18(13)12-4-5-12/h2-3,6-8,12,19H,4-5H2,1H3,(H,17,20). The Morgan fingerprint density at radius 1 is 1.40 bits per heavy atom. The number of hydrogen-bond acceptors (Lipinski definition) is 2. The lowest BCUT2D eigenvalue weighted by atomic mass is 10.2. The smallest absolute Gasteiger partial charge is 0.272 e. The summed E-state index contributed by atoms with van der Waals surface area (Å²) in [7, 11) is 0. The zero-order valence-electron chi connectivity index (χ0n) is 11.1. The van der Waals surface area contributed by atoms with Crippen molar-refractivity contribution < 1.29 is 9.90 Å². The van der Waals surface area contributed by atoms with E-state index >= 15 is 0 Å². The summed E-state index contributed by atoms with van der Waals surface area (Å²) in [5.41, 5.74) is 2.02. The van der Waals surface area contributed by atoms with Gasteiger partial charge in [-0.2, -0.15) is 0 Å². The fourth-order valence-corrected chi connectivity index (χ4v) is 2.60. The lowest BCUT2D eigenvalue weighted by molar-refractivity contribution is 0.101. The van der Waals surface area contributed by atoms with E-state index in [1.54, 1.807) is 18.2 Å². The molecule has 1 heterocycles. The van der Waals surface area contributed by atoms with Crippen LogP contribution in [0.15, 0.2) is 34.9 Å². The van der Waals surface area contributed by atoms with Crippen molar-refractivity contribution in [2.75, 3.05) is 5.32 Å². The molecule has 0 spiro atoms. The highest BCUT2D eigenvalue weighted by Crippen LogP contribution is 2.37. The Morgan fingerprint density at radius 2 is 2.15 bits per heavy atom. The quantitative estimate of drug-likeness (QED) is 0.895. The van der Waals surface area contributed by atoms with Crippen LogP contribution in [-0.4, -0.2) is 15.6 Å².